The van der Waals surface area contributed by atoms with Crippen LogP contribution < -0.4 is 4.90 Å². The SMILES string of the molecule is CN(C)C(=O)c1nn2c(c1Cl)CN(c1nc(Cl)nc3c(F)c(Br)c(F)cc13)CCC2. The van der Waals surface area contributed by atoms with Crippen molar-refractivity contribution in [2.45, 2.75) is 19.5 Å². The summed E-state index contributed by atoms with van der Waals surface area (Å²) in [5.74, 6) is -1.66. The fourth-order valence-corrected chi connectivity index (χ4v) is 4.13. The lowest BCUT2D eigenvalue weighted by Crippen LogP contribution is -2.25. The maximum atomic E-state index is 14.6. The molecule has 3 heterocycles. The number of benzene rings is 1. The minimum absolute atomic E-state index is 0.0920. The smallest absolute Gasteiger partial charge is 0.275 e. The normalized spacial score (nSPS) is 14.0. The number of anilines is 1. The van der Waals surface area contributed by atoms with Crippen LogP contribution in [-0.2, 0) is 13.1 Å². The molecule has 0 aliphatic carbocycles. The van der Waals surface area contributed by atoms with Crippen LogP contribution in [0, 0.1) is 11.6 Å². The molecule has 0 atom stereocenters. The second-order valence-electron chi connectivity index (χ2n) is 7.01. The zero-order chi connectivity index (χ0) is 21.7. The molecule has 0 saturated carbocycles. The van der Waals surface area contributed by atoms with E-state index in [9.17, 15) is 13.6 Å². The fraction of sp³-hybridized carbons (Fsp3) is 0.333. The van der Waals surface area contributed by atoms with Crippen molar-refractivity contribution in [3.63, 3.8) is 0 Å². The third kappa shape index (κ3) is 3.50. The van der Waals surface area contributed by atoms with Crippen molar-refractivity contribution in [3.05, 3.63) is 43.9 Å². The molecule has 0 fully saturated rings. The highest BCUT2D eigenvalue weighted by atomic mass is 79.9. The van der Waals surface area contributed by atoms with Crippen LogP contribution in [-0.4, -0.2) is 51.2 Å². The van der Waals surface area contributed by atoms with E-state index in [1.54, 1.807) is 23.7 Å². The number of halogens is 5. The summed E-state index contributed by atoms with van der Waals surface area (Å²) in [6, 6.07) is 1.17. The van der Waals surface area contributed by atoms with E-state index in [0.29, 0.717) is 25.2 Å². The van der Waals surface area contributed by atoms with E-state index < -0.39 is 11.6 Å². The van der Waals surface area contributed by atoms with E-state index in [4.69, 9.17) is 23.2 Å². The molecule has 0 N–H and O–H groups in total. The molecule has 12 heteroatoms. The molecule has 0 spiro atoms. The van der Waals surface area contributed by atoms with Crippen molar-refractivity contribution in [2.24, 2.45) is 0 Å². The van der Waals surface area contributed by atoms with Gasteiger partial charge in [0.15, 0.2) is 11.5 Å². The second-order valence-corrected chi connectivity index (χ2v) is 8.51. The van der Waals surface area contributed by atoms with E-state index in [2.05, 4.69) is 31.0 Å². The van der Waals surface area contributed by atoms with E-state index in [0.717, 1.165) is 0 Å². The molecular formula is C18H15BrCl2F2N6O. The van der Waals surface area contributed by atoms with Gasteiger partial charge in [-0.25, -0.2) is 13.8 Å². The lowest BCUT2D eigenvalue weighted by Gasteiger charge is -2.23. The lowest BCUT2D eigenvalue weighted by atomic mass is 10.2. The topological polar surface area (TPSA) is 67.2 Å². The fourth-order valence-electron chi connectivity index (χ4n) is 3.38. The van der Waals surface area contributed by atoms with E-state index in [-0.39, 0.29) is 49.6 Å². The Morgan fingerprint density at radius 3 is 2.67 bits per heavy atom. The van der Waals surface area contributed by atoms with Gasteiger partial charge in [-0.15, -0.1) is 0 Å². The first-order valence-corrected chi connectivity index (χ1v) is 10.5. The summed E-state index contributed by atoms with van der Waals surface area (Å²) in [7, 11) is 3.23. The number of amides is 1. The van der Waals surface area contributed by atoms with Gasteiger partial charge in [-0.05, 0) is 40.0 Å². The predicted octanol–water partition coefficient (Wildman–Crippen LogP) is 4.29. The van der Waals surface area contributed by atoms with Crippen LogP contribution in [0.4, 0.5) is 14.6 Å². The molecule has 0 saturated heterocycles. The third-order valence-electron chi connectivity index (χ3n) is 4.82. The zero-order valence-electron chi connectivity index (χ0n) is 15.9. The minimum Gasteiger partial charge on any atom is -0.350 e. The van der Waals surface area contributed by atoms with E-state index in [1.165, 1.54) is 11.0 Å². The predicted molar refractivity (Wildman–Crippen MR) is 113 cm³/mol. The van der Waals surface area contributed by atoms with Gasteiger partial charge in [0, 0.05) is 32.6 Å². The molecule has 0 unspecified atom stereocenters. The first kappa shape index (κ1) is 21.2. The first-order chi connectivity index (χ1) is 14.2. The van der Waals surface area contributed by atoms with Crippen molar-refractivity contribution in [2.75, 3.05) is 25.5 Å². The monoisotopic (exact) mass is 518 g/mol. The number of carbonyl (C=O) groups is 1. The Hall–Kier alpha value is -2.04. The Morgan fingerprint density at radius 2 is 1.97 bits per heavy atom. The Labute approximate surface area is 188 Å². The third-order valence-corrected chi connectivity index (χ3v) is 6.11. The number of hydrogen-bond acceptors (Lipinski definition) is 5. The molecule has 0 bridgehead atoms. The summed E-state index contributed by atoms with van der Waals surface area (Å²) < 4.78 is 30.2. The van der Waals surface area contributed by atoms with Gasteiger partial charge in [0.2, 0.25) is 5.28 Å². The van der Waals surface area contributed by atoms with Crippen LogP contribution >= 0.6 is 39.1 Å². The molecular weight excluding hydrogens is 505 g/mol. The van der Waals surface area contributed by atoms with Crippen molar-refractivity contribution >= 4 is 61.8 Å². The van der Waals surface area contributed by atoms with Gasteiger partial charge in [0.1, 0.15) is 17.2 Å². The molecule has 0 radical (unpaired) electrons. The molecule has 2 aromatic heterocycles. The number of hydrogen-bond donors (Lipinski definition) is 0. The zero-order valence-corrected chi connectivity index (χ0v) is 19.0. The molecule has 1 aromatic carbocycles. The average molecular weight is 520 g/mol. The van der Waals surface area contributed by atoms with Crippen molar-refractivity contribution in [1.82, 2.24) is 24.6 Å². The largest absolute Gasteiger partial charge is 0.350 e. The Kier molecular flexibility index (Phi) is 5.58. The van der Waals surface area contributed by atoms with Crippen LogP contribution in [0.3, 0.4) is 0 Å². The molecule has 3 aromatic rings. The van der Waals surface area contributed by atoms with Gasteiger partial charge in [-0.2, -0.15) is 10.1 Å². The van der Waals surface area contributed by atoms with E-state index in [1.807, 2.05) is 0 Å². The Balaban J connectivity index is 1.84. The highest BCUT2D eigenvalue weighted by molar-refractivity contribution is 9.10. The summed E-state index contributed by atoms with van der Waals surface area (Å²) in [6.07, 6.45) is 0.644. The number of nitrogens with zero attached hydrogens (tertiary/aromatic N) is 6. The van der Waals surface area contributed by atoms with Crippen molar-refractivity contribution < 1.29 is 13.6 Å². The first-order valence-electron chi connectivity index (χ1n) is 8.91. The van der Waals surface area contributed by atoms with Crippen LogP contribution in [0.15, 0.2) is 10.5 Å². The standard InChI is InChI=1S/C18H15BrCl2F2N6O/c1-27(2)17(30)15-12(20)10-7-28(4-3-5-29(10)26-15)16-8-6-9(22)11(19)13(23)14(8)24-18(21)25-16/h6H,3-5,7H2,1-2H3. The molecule has 158 valence electrons. The van der Waals surface area contributed by atoms with Crippen LogP contribution in [0.25, 0.3) is 10.9 Å². The molecule has 4 rings (SSSR count). The van der Waals surface area contributed by atoms with Crippen molar-refractivity contribution in [1.29, 1.82) is 0 Å². The van der Waals surface area contributed by atoms with Gasteiger partial charge in [0.25, 0.3) is 5.91 Å². The maximum absolute atomic E-state index is 14.6. The lowest BCUT2D eigenvalue weighted by molar-refractivity contribution is 0.0821. The van der Waals surface area contributed by atoms with Crippen molar-refractivity contribution in [3.8, 4) is 0 Å². The quantitative estimate of drug-likeness (QED) is 0.373. The maximum Gasteiger partial charge on any atom is 0.275 e. The highest BCUT2D eigenvalue weighted by Gasteiger charge is 2.28. The van der Waals surface area contributed by atoms with E-state index >= 15 is 0 Å². The number of rotatable bonds is 2. The average Bonchev–Trinajstić information content (AvgIpc) is 2.87. The summed E-state index contributed by atoms with van der Waals surface area (Å²) >= 11 is 15.4. The number of aryl methyl sites for hydroxylation is 1. The number of aromatic nitrogens is 4. The second kappa shape index (κ2) is 7.90. The molecule has 7 nitrogen and oxygen atoms in total. The minimum atomic E-state index is -0.854. The Morgan fingerprint density at radius 1 is 1.23 bits per heavy atom. The van der Waals surface area contributed by atoms with Gasteiger partial charge in [-0.1, -0.05) is 11.6 Å². The Bertz CT molecular complexity index is 1190. The molecule has 1 amide bonds. The number of carbonyl (C=O) groups excluding carboxylic acids is 1. The summed E-state index contributed by atoms with van der Waals surface area (Å²) in [5, 5.41) is 4.62. The number of fused-ring (bicyclic) bond motifs is 2. The van der Waals surface area contributed by atoms with Crippen LogP contribution in [0.1, 0.15) is 22.6 Å². The molecule has 30 heavy (non-hydrogen) atoms. The van der Waals surface area contributed by atoms with Crippen LogP contribution in [0.2, 0.25) is 10.3 Å². The van der Waals surface area contributed by atoms with Gasteiger partial charge >= 0.3 is 0 Å². The van der Waals surface area contributed by atoms with Crippen LogP contribution in [0.5, 0.6) is 0 Å². The van der Waals surface area contributed by atoms with Gasteiger partial charge < -0.3 is 9.80 Å². The summed E-state index contributed by atoms with van der Waals surface area (Å²) in [5.41, 5.74) is 0.677. The van der Waals surface area contributed by atoms with Gasteiger partial charge in [0.05, 0.1) is 21.7 Å². The molecule has 1 aliphatic heterocycles. The summed E-state index contributed by atoms with van der Waals surface area (Å²) in [4.78, 5) is 23.7. The summed E-state index contributed by atoms with van der Waals surface area (Å²) in [6.45, 7) is 1.27. The molecule has 1 aliphatic rings. The highest BCUT2D eigenvalue weighted by Crippen LogP contribution is 2.35. The van der Waals surface area contributed by atoms with Gasteiger partial charge in [-0.3, -0.25) is 9.48 Å².